The number of alkyl carbamates (subject to hydrolysis) is 1. The lowest BCUT2D eigenvalue weighted by Crippen LogP contribution is -2.32. The molecule has 2 heterocycles. The maximum absolute atomic E-state index is 13.4. The van der Waals surface area contributed by atoms with E-state index in [1.807, 2.05) is 0 Å². The van der Waals surface area contributed by atoms with Gasteiger partial charge in [-0.3, -0.25) is 4.79 Å². The Morgan fingerprint density at radius 1 is 1.21 bits per heavy atom. The van der Waals surface area contributed by atoms with Crippen LogP contribution in [0.4, 0.5) is 18.0 Å². The van der Waals surface area contributed by atoms with Gasteiger partial charge in [0.2, 0.25) is 5.88 Å². The lowest BCUT2D eigenvalue weighted by molar-refractivity contribution is -0.141. The van der Waals surface area contributed by atoms with Crippen LogP contribution in [0.3, 0.4) is 0 Å². The van der Waals surface area contributed by atoms with Gasteiger partial charge in [0.1, 0.15) is 17.0 Å². The third-order valence-corrected chi connectivity index (χ3v) is 4.74. The number of nitrogens with zero attached hydrogens (tertiary/aromatic N) is 2. The molecule has 8 nitrogen and oxygen atoms in total. The van der Waals surface area contributed by atoms with E-state index in [2.05, 4.69) is 10.3 Å². The number of ether oxygens (including phenoxy) is 2. The van der Waals surface area contributed by atoms with Crippen molar-refractivity contribution >= 4 is 12.0 Å². The minimum absolute atomic E-state index is 0.0986. The van der Waals surface area contributed by atoms with E-state index in [0.717, 1.165) is 6.07 Å². The number of pyridine rings is 1. The zero-order valence-corrected chi connectivity index (χ0v) is 19.0. The van der Waals surface area contributed by atoms with E-state index in [9.17, 15) is 27.9 Å². The molecule has 2 aromatic rings. The highest BCUT2D eigenvalue weighted by atomic mass is 19.4. The molecular weight excluding hydrogens is 455 g/mol. The van der Waals surface area contributed by atoms with Crippen LogP contribution in [-0.2, 0) is 17.5 Å². The first-order valence-electron chi connectivity index (χ1n) is 10.6. The van der Waals surface area contributed by atoms with Gasteiger partial charge in [0.25, 0.3) is 5.91 Å². The van der Waals surface area contributed by atoms with Crippen LogP contribution in [0.15, 0.2) is 36.4 Å². The van der Waals surface area contributed by atoms with Gasteiger partial charge in [-0.2, -0.15) is 13.2 Å². The first-order chi connectivity index (χ1) is 15.8. The molecule has 3 rings (SSSR count). The zero-order valence-electron chi connectivity index (χ0n) is 19.0. The second-order valence-electron chi connectivity index (χ2n) is 8.88. The zero-order chi connectivity index (χ0) is 25.1. The number of carbonyl (C=O) groups is 2. The van der Waals surface area contributed by atoms with Crippen molar-refractivity contribution in [1.82, 2.24) is 15.2 Å². The fourth-order valence-electron chi connectivity index (χ4n) is 3.27. The molecule has 2 amide bonds. The number of aromatic nitrogens is 1. The number of alkyl halides is 3. The maximum Gasteiger partial charge on any atom is 0.433 e. The van der Waals surface area contributed by atoms with Gasteiger partial charge >= 0.3 is 12.3 Å². The van der Waals surface area contributed by atoms with Crippen molar-refractivity contribution < 1.29 is 37.3 Å². The molecule has 0 aliphatic carbocycles. The van der Waals surface area contributed by atoms with Gasteiger partial charge < -0.3 is 24.8 Å². The van der Waals surface area contributed by atoms with Crippen molar-refractivity contribution in [1.29, 1.82) is 0 Å². The number of hydrogen-bond acceptors (Lipinski definition) is 6. The summed E-state index contributed by atoms with van der Waals surface area (Å²) in [7, 11) is 0. The SMILES string of the molecule is CC(C)(C)OC(=O)NCc1cc(Oc2cccc(C(=O)N3CCC(O)C3)c2)nc(C(F)(F)F)c1. The molecule has 1 aromatic carbocycles. The second-order valence-corrected chi connectivity index (χ2v) is 8.88. The Bertz CT molecular complexity index is 1050. The summed E-state index contributed by atoms with van der Waals surface area (Å²) >= 11 is 0. The van der Waals surface area contributed by atoms with E-state index in [0.29, 0.717) is 13.0 Å². The molecule has 1 saturated heterocycles. The summed E-state index contributed by atoms with van der Waals surface area (Å²) in [6.07, 6.45) is -5.62. The number of halogens is 3. The smallest absolute Gasteiger partial charge is 0.433 e. The van der Waals surface area contributed by atoms with E-state index in [1.54, 1.807) is 26.8 Å². The Morgan fingerprint density at radius 3 is 2.56 bits per heavy atom. The summed E-state index contributed by atoms with van der Waals surface area (Å²) < 4.78 is 50.8. The number of β-amino-alcohol motifs (C(OH)–C–C–N with tert-alkyl or cyclic N) is 1. The van der Waals surface area contributed by atoms with E-state index in [1.165, 1.54) is 29.2 Å². The topological polar surface area (TPSA) is 101 Å². The fraction of sp³-hybridized carbons (Fsp3) is 0.435. The molecule has 1 atom stereocenters. The molecule has 34 heavy (non-hydrogen) atoms. The molecule has 0 spiro atoms. The van der Waals surface area contributed by atoms with Crippen molar-refractivity contribution in [3.63, 3.8) is 0 Å². The highest BCUT2D eigenvalue weighted by molar-refractivity contribution is 5.94. The highest BCUT2D eigenvalue weighted by Gasteiger charge is 2.33. The predicted molar refractivity (Wildman–Crippen MR) is 115 cm³/mol. The largest absolute Gasteiger partial charge is 0.444 e. The van der Waals surface area contributed by atoms with Crippen molar-refractivity contribution in [3.8, 4) is 11.6 Å². The maximum atomic E-state index is 13.4. The van der Waals surface area contributed by atoms with Crippen molar-refractivity contribution in [3.05, 3.63) is 53.2 Å². The van der Waals surface area contributed by atoms with E-state index >= 15 is 0 Å². The van der Waals surface area contributed by atoms with Crippen LogP contribution in [0.25, 0.3) is 0 Å². The van der Waals surface area contributed by atoms with Crippen LogP contribution in [0.5, 0.6) is 11.6 Å². The molecular formula is C23H26F3N3O5. The predicted octanol–water partition coefficient (Wildman–Crippen LogP) is 4.12. The van der Waals surface area contributed by atoms with Gasteiger partial charge in [0.15, 0.2) is 0 Å². The number of nitrogens with one attached hydrogen (secondary N) is 1. The van der Waals surface area contributed by atoms with E-state index in [-0.39, 0.29) is 41.8 Å². The van der Waals surface area contributed by atoms with Gasteiger partial charge in [-0.15, -0.1) is 0 Å². The molecule has 184 valence electrons. The molecule has 0 saturated carbocycles. The van der Waals surface area contributed by atoms with E-state index in [4.69, 9.17) is 9.47 Å². The van der Waals surface area contributed by atoms with Crippen LogP contribution < -0.4 is 10.1 Å². The average molecular weight is 481 g/mol. The minimum atomic E-state index is -4.74. The molecule has 2 N–H and O–H groups in total. The second kappa shape index (κ2) is 9.88. The Morgan fingerprint density at radius 2 is 1.94 bits per heavy atom. The minimum Gasteiger partial charge on any atom is -0.444 e. The molecule has 1 aliphatic rings. The number of aliphatic hydroxyl groups is 1. The highest BCUT2D eigenvalue weighted by Crippen LogP contribution is 2.31. The lowest BCUT2D eigenvalue weighted by atomic mass is 10.2. The summed E-state index contributed by atoms with van der Waals surface area (Å²) in [4.78, 5) is 29.5. The van der Waals surface area contributed by atoms with Gasteiger partial charge in [-0.05, 0) is 57.0 Å². The summed E-state index contributed by atoms with van der Waals surface area (Å²) in [5, 5.41) is 12.0. The van der Waals surface area contributed by atoms with Crippen LogP contribution >= 0.6 is 0 Å². The molecule has 1 aromatic heterocycles. The fourth-order valence-corrected chi connectivity index (χ4v) is 3.27. The van der Waals surface area contributed by atoms with Crippen LogP contribution in [-0.4, -0.2) is 51.8 Å². The normalized spacial score (nSPS) is 16.3. The number of benzene rings is 1. The third-order valence-electron chi connectivity index (χ3n) is 4.74. The Balaban J connectivity index is 1.79. The van der Waals surface area contributed by atoms with Crippen LogP contribution in [0.2, 0.25) is 0 Å². The summed E-state index contributed by atoms with van der Waals surface area (Å²) in [6, 6.07) is 8.04. The monoisotopic (exact) mass is 481 g/mol. The lowest BCUT2D eigenvalue weighted by Gasteiger charge is -2.20. The molecule has 0 radical (unpaired) electrons. The summed E-state index contributed by atoms with van der Waals surface area (Å²) in [6.45, 7) is 5.38. The molecule has 11 heteroatoms. The van der Waals surface area contributed by atoms with Crippen molar-refractivity contribution in [2.75, 3.05) is 13.1 Å². The Kier molecular flexibility index (Phi) is 7.35. The van der Waals surface area contributed by atoms with Crippen molar-refractivity contribution in [2.45, 2.75) is 51.6 Å². The van der Waals surface area contributed by atoms with Gasteiger partial charge in [0.05, 0.1) is 6.10 Å². The average Bonchev–Trinajstić information content (AvgIpc) is 3.16. The number of hydrogen-bond donors (Lipinski definition) is 2. The Hall–Kier alpha value is -3.34. The quantitative estimate of drug-likeness (QED) is 0.666. The molecule has 0 bridgehead atoms. The number of carbonyl (C=O) groups excluding carboxylic acids is 2. The van der Waals surface area contributed by atoms with Crippen molar-refractivity contribution in [2.24, 2.45) is 0 Å². The number of aliphatic hydroxyl groups excluding tert-OH is 1. The van der Waals surface area contributed by atoms with Gasteiger partial charge in [-0.1, -0.05) is 6.07 Å². The third kappa shape index (κ3) is 7.08. The molecule has 1 unspecified atom stereocenters. The Labute approximate surface area is 194 Å². The summed E-state index contributed by atoms with van der Waals surface area (Å²) in [5.41, 5.74) is -1.58. The number of likely N-dealkylation sites (tertiary alicyclic amines) is 1. The molecule has 1 aliphatic heterocycles. The standard InChI is InChI=1S/C23H26F3N3O5/c1-22(2,3)34-21(32)27-12-14-9-18(23(24,25)26)28-19(10-14)33-17-6-4-5-15(11-17)20(31)29-8-7-16(30)13-29/h4-6,9-11,16,30H,7-8,12-13H2,1-3H3,(H,27,32). The van der Waals surface area contributed by atoms with Crippen LogP contribution in [0.1, 0.15) is 48.8 Å². The van der Waals surface area contributed by atoms with Gasteiger partial charge in [-0.25, -0.2) is 9.78 Å². The first kappa shape index (κ1) is 25.3. The van der Waals surface area contributed by atoms with E-state index < -0.39 is 29.7 Å². The van der Waals surface area contributed by atoms with Gasteiger partial charge in [0, 0.05) is 31.3 Å². The first-order valence-corrected chi connectivity index (χ1v) is 10.6. The van der Waals surface area contributed by atoms with Crippen LogP contribution in [0, 0.1) is 0 Å². The number of rotatable bonds is 5. The molecule has 1 fully saturated rings. The summed E-state index contributed by atoms with van der Waals surface area (Å²) in [5.74, 6) is -0.554. The number of amides is 2.